The highest BCUT2D eigenvalue weighted by Gasteiger charge is 2.06. The van der Waals surface area contributed by atoms with E-state index in [4.69, 9.17) is 11.6 Å². The van der Waals surface area contributed by atoms with E-state index in [2.05, 4.69) is 10.3 Å². The molecule has 1 aromatic carbocycles. The summed E-state index contributed by atoms with van der Waals surface area (Å²) in [5.41, 5.74) is 2.36. The summed E-state index contributed by atoms with van der Waals surface area (Å²) in [6.45, 7) is 2.04. The van der Waals surface area contributed by atoms with E-state index in [0.29, 0.717) is 23.7 Å². The Balaban J connectivity index is 1.88. The molecular weight excluding hydrogens is 260 g/mol. The third-order valence-electron chi connectivity index (χ3n) is 2.78. The summed E-state index contributed by atoms with van der Waals surface area (Å²) in [6, 6.07) is 11.6. The van der Waals surface area contributed by atoms with E-state index in [0.717, 1.165) is 5.56 Å². The van der Waals surface area contributed by atoms with E-state index >= 15 is 0 Å². The first kappa shape index (κ1) is 13.6. The molecule has 2 aromatic rings. The Morgan fingerprint density at radius 3 is 2.68 bits per heavy atom. The van der Waals surface area contributed by atoms with Gasteiger partial charge in [-0.3, -0.25) is 4.79 Å². The van der Waals surface area contributed by atoms with Gasteiger partial charge >= 0.3 is 0 Å². The zero-order valence-corrected chi connectivity index (χ0v) is 11.4. The maximum Gasteiger partial charge on any atom is 0.225 e. The zero-order chi connectivity index (χ0) is 13.7. The lowest BCUT2D eigenvalue weighted by atomic mass is 10.1. The van der Waals surface area contributed by atoms with Crippen molar-refractivity contribution in [3.63, 3.8) is 0 Å². The van der Waals surface area contributed by atoms with Crippen molar-refractivity contribution >= 4 is 23.3 Å². The van der Waals surface area contributed by atoms with Crippen molar-refractivity contribution in [2.24, 2.45) is 0 Å². The van der Waals surface area contributed by atoms with Gasteiger partial charge in [-0.15, -0.1) is 0 Å². The second-order valence-electron chi connectivity index (χ2n) is 4.37. The number of benzene rings is 1. The fourth-order valence-corrected chi connectivity index (χ4v) is 1.85. The molecule has 0 fully saturated rings. The number of rotatable bonds is 4. The number of hydrogen-bond acceptors (Lipinski definition) is 2. The fourth-order valence-electron chi connectivity index (χ4n) is 1.68. The van der Waals surface area contributed by atoms with Crippen LogP contribution in [0.1, 0.15) is 17.5 Å². The molecule has 1 heterocycles. The summed E-state index contributed by atoms with van der Waals surface area (Å²) in [5.74, 6) is 0.333. The average Bonchev–Trinajstić information content (AvgIpc) is 2.41. The maximum atomic E-state index is 11.8. The van der Waals surface area contributed by atoms with Gasteiger partial charge in [0.2, 0.25) is 5.91 Å². The maximum absolute atomic E-state index is 11.8. The van der Waals surface area contributed by atoms with Gasteiger partial charge in [-0.05, 0) is 31.0 Å². The van der Waals surface area contributed by atoms with Crippen molar-refractivity contribution in [3.05, 3.63) is 58.7 Å². The van der Waals surface area contributed by atoms with E-state index in [1.807, 2.05) is 31.2 Å². The summed E-state index contributed by atoms with van der Waals surface area (Å²) >= 11 is 5.93. The van der Waals surface area contributed by atoms with Gasteiger partial charge in [-0.2, -0.15) is 0 Å². The van der Waals surface area contributed by atoms with Crippen molar-refractivity contribution in [3.8, 4) is 0 Å². The predicted octanol–water partition coefficient (Wildman–Crippen LogP) is 3.61. The zero-order valence-electron chi connectivity index (χ0n) is 10.7. The van der Waals surface area contributed by atoms with Crippen LogP contribution in [0.15, 0.2) is 42.6 Å². The molecule has 0 spiro atoms. The molecule has 1 N–H and O–H groups in total. The number of carbonyl (C=O) groups is 1. The molecule has 0 aliphatic heterocycles. The number of hydrogen-bond donors (Lipinski definition) is 1. The van der Waals surface area contributed by atoms with Crippen molar-refractivity contribution in [2.45, 2.75) is 19.8 Å². The van der Waals surface area contributed by atoms with E-state index in [1.54, 1.807) is 18.3 Å². The minimum atomic E-state index is -0.0822. The number of nitrogens with one attached hydrogen (secondary N) is 1. The van der Waals surface area contributed by atoms with E-state index in [9.17, 15) is 4.79 Å². The average molecular weight is 275 g/mol. The van der Waals surface area contributed by atoms with E-state index in [-0.39, 0.29) is 5.91 Å². The van der Waals surface area contributed by atoms with Gasteiger partial charge in [0.05, 0.1) is 5.02 Å². The largest absolute Gasteiger partial charge is 0.309 e. The Hall–Kier alpha value is -1.87. The molecule has 3 nitrogen and oxygen atoms in total. The van der Waals surface area contributed by atoms with Crippen LogP contribution in [-0.4, -0.2) is 10.9 Å². The Kier molecular flexibility index (Phi) is 4.53. The normalized spacial score (nSPS) is 10.2. The van der Waals surface area contributed by atoms with Crippen LogP contribution in [0.25, 0.3) is 0 Å². The lowest BCUT2D eigenvalue weighted by molar-refractivity contribution is -0.116. The summed E-state index contributed by atoms with van der Waals surface area (Å²) in [5, 5.41) is 3.16. The second-order valence-corrected chi connectivity index (χ2v) is 4.77. The number of anilines is 1. The fraction of sp³-hybridized carbons (Fsp3) is 0.200. The summed E-state index contributed by atoms with van der Waals surface area (Å²) in [7, 11) is 0. The molecule has 0 unspecified atom stereocenters. The molecule has 1 amide bonds. The van der Waals surface area contributed by atoms with Crippen LogP contribution >= 0.6 is 11.6 Å². The standard InChI is InChI=1S/C15H15ClN2O/c1-11-4-6-12(7-5-11)8-9-14(19)18-15-13(16)3-2-10-17-15/h2-7,10H,8-9H2,1H3,(H,17,18,19). The molecule has 19 heavy (non-hydrogen) atoms. The van der Waals surface area contributed by atoms with Gasteiger partial charge in [0.1, 0.15) is 0 Å². The van der Waals surface area contributed by atoms with Gasteiger partial charge in [0, 0.05) is 12.6 Å². The Bertz CT molecular complexity index is 567. The van der Waals surface area contributed by atoms with Crippen molar-refractivity contribution in [1.29, 1.82) is 0 Å². The van der Waals surface area contributed by atoms with Crippen LogP contribution in [0, 0.1) is 6.92 Å². The summed E-state index contributed by atoms with van der Waals surface area (Å²) < 4.78 is 0. The third-order valence-corrected chi connectivity index (χ3v) is 3.08. The van der Waals surface area contributed by atoms with Gasteiger partial charge in [0.15, 0.2) is 5.82 Å². The quantitative estimate of drug-likeness (QED) is 0.925. The smallest absolute Gasteiger partial charge is 0.225 e. The lowest BCUT2D eigenvalue weighted by Gasteiger charge is -2.06. The van der Waals surface area contributed by atoms with Crippen LogP contribution in [-0.2, 0) is 11.2 Å². The number of aryl methyl sites for hydroxylation is 2. The molecule has 0 radical (unpaired) electrons. The number of carbonyl (C=O) groups excluding carboxylic acids is 1. The Morgan fingerprint density at radius 2 is 2.00 bits per heavy atom. The molecule has 98 valence electrons. The number of halogens is 1. The van der Waals surface area contributed by atoms with Crippen molar-refractivity contribution in [2.75, 3.05) is 5.32 Å². The lowest BCUT2D eigenvalue weighted by Crippen LogP contribution is -2.13. The van der Waals surface area contributed by atoms with Crippen LogP contribution in [0.4, 0.5) is 5.82 Å². The van der Waals surface area contributed by atoms with Gasteiger partial charge in [-0.1, -0.05) is 41.4 Å². The SMILES string of the molecule is Cc1ccc(CCC(=O)Nc2ncccc2Cl)cc1. The molecule has 0 bridgehead atoms. The van der Waals surface area contributed by atoms with Crippen LogP contribution in [0.3, 0.4) is 0 Å². The van der Waals surface area contributed by atoms with Crippen LogP contribution in [0.5, 0.6) is 0 Å². The molecule has 0 saturated carbocycles. The Labute approximate surface area is 117 Å². The second kappa shape index (κ2) is 6.34. The van der Waals surface area contributed by atoms with Gasteiger partial charge in [-0.25, -0.2) is 4.98 Å². The number of nitrogens with zero attached hydrogens (tertiary/aromatic N) is 1. The molecule has 0 atom stereocenters. The molecule has 4 heteroatoms. The summed E-state index contributed by atoms with van der Waals surface area (Å²) in [6.07, 6.45) is 2.72. The van der Waals surface area contributed by atoms with Gasteiger partial charge in [0.25, 0.3) is 0 Å². The monoisotopic (exact) mass is 274 g/mol. The molecular formula is C15H15ClN2O. The van der Waals surface area contributed by atoms with Gasteiger partial charge < -0.3 is 5.32 Å². The highest BCUT2D eigenvalue weighted by atomic mass is 35.5. The third kappa shape index (κ3) is 4.07. The molecule has 0 aliphatic carbocycles. The molecule has 1 aromatic heterocycles. The first-order valence-electron chi connectivity index (χ1n) is 6.11. The van der Waals surface area contributed by atoms with Crippen molar-refractivity contribution < 1.29 is 4.79 Å². The predicted molar refractivity (Wildman–Crippen MR) is 77.4 cm³/mol. The molecule has 0 saturated heterocycles. The molecule has 2 rings (SSSR count). The minimum absolute atomic E-state index is 0.0822. The number of amides is 1. The number of pyridine rings is 1. The Morgan fingerprint density at radius 1 is 1.26 bits per heavy atom. The highest BCUT2D eigenvalue weighted by Crippen LogP contribution is 2.17. The molecule has 0 aliphatic rings. The van der Waals surface area contributed by atoms with E-state index in [1.165, 1.54) is 5.56 Å². The first-order chi connectivity index (χ1) is 9.15. The topological polar surface area (TPSA) is 42.0 Å². The minimum Gasteiger partial charge on any atom is -0.309 e. The van der Waals surface area contributed by atoms with Crippen LogP contribution in [0.2, 0.25) is 5.02 Å². The van der Waals surface area contributed by atoms with Crippen molar-refractivity contribution in [1.82, 2.24) is 4.98 Å². The first-order valence-corrected chi connectivity index (χ1v) is 6.49. The van der Waals surface area contributed by atoms with E-state index < -0.39 is 0 Å². The summed E-state index contributed by atoms with van der Waals surface area (Å²) in [4.78, 5) is 15.8. The number of aromatic nitrogens is 1. The van der Waals surface area contributed by atoms with Crippen LogP contribution < -0.4 is 5.32 Å². The highest BCUT2D eigenvalue weighted by molar-refractivity contribution is 6.33.